The summed E-state index contributed by atoms with van der Waals surface area (Å²) in [6.45, 7) is 4.21. The van der Waals surface area contributed by atoms with Crippen molar-refractivity contribution >= 4 is 0 Å². The first-order valence-corrected chi connectivity index (χ1v) is 7.04. The molecule has 2 aromatic rings. The van der Waals surface area contributed by atoms with Crippen LogP contribution in [0.1, 0.15) is 37.2 Å². The van der Waals surface area contributed by atoms with Gasteiger partial charge < -0.3 is 14.8 Å². The average Bonchev–Trinajstić information content (AvgIpc) is 2.54. The molecular weight excluding hydrogens is 264 g/mol. The van der Waals surface area contributed by atoms with E-state index in [4.69, 9.17) is 9.47 Å². The molecule has 1 aromatic heterocycles. The van der Waals surface area contributed by atoms with E-state index in [0.29, 0.717) is 0 Å². The summed E-state index contributed by atoms with van der Waals surface area (Å²) < 4.78 is 10.7. The van der Waals surface area contributed by atoms with Crippen LogP contribution >= 0.6 is 0 Å². The van der Waals surface area contributed by atoms with E-state index in [0.717, 1.165) is 22.8 Å². The summed E-state index contributed by atoms with van der Waals surface area (Å²) in [4.78, 5) is 4.38. The van der Waals surface area contributed by atoms with Crippen molar-refractivity contribution < 1.29 is 9.47 Å². The molecule has 0 saturated heterocycles. The van der Waals surface area contributed by atoms with E-state index >= 15 is 0 Å². The monoisotopic (exact) mass is 286 g/mol. The Bertz CT molecular complexity index is 572. The maximum atomic E-state index is 5.44. The Morgan fingerprint density at radius 1 is 1.00 bits per heavy atom. The summed E-state index contributed by atoms with van der Waals surface area (Å²) in [5, 5.41) is 3.54. The highest BCUT2D eigenvalue weighted by Crippen LogP contribution is 2.30. The average molecular weight is 286 g/mol. The first-order chi connectivity index (χ1) is 10.2. The number of aromatic nitrogens is 1. The van der Waals surface area contributed by atoms with Crippen molar-refractivity contribution in [1.29, 1.82) is 0 Å². The predicted molar refractivity (Wildman–Crippen MR) is 83.7 cm³/mol. The van der Waals surface area contributed by atoms with Crippen molar-refractivity contribution in [3.05, 3.63) is 53.9 Å². The molecule has 0 fully saturated rings. The third kappa shape index (κ3) is 3.73. The van der Waals surface area contributed by atoms with Crippen LogP contribution in [0.15, 0.2) is 42.6 Å². The van der Waals surface area contributed by atoms with Gasteiger partial charge in [-0.05, 0) is 44.2 Å². The molecule has 0 bridgehead atoms. The lowest BCUT2D eigenvalue weighted by molar-refractivity contribution is 0.387. The molecule has 0 aliphatic heterocycles. The van der Waals surface area contributed by atoms with E-state index in [2.05, 4.69) is 24.1 Å². The third-order valence-electron chi connectivity index (χ3n) is 3.53. The number of pyridine rings is 1. The van der Waals surface area contributed by atoms with Gasteiger partial charge in [0.2, 0.25) is 0 Å². The van der Waals surface area contributed by atoms with Gasteiger partial charge in [0.05, 0.1) is 19.9 Å². The fourth-order valence-electron chi connectivity index (χ4n) is 2.36. The molecule has 112 valence electrons. The SMILES string of the molecule is COc1ccc(OC)c(C(C)N[C@H](C)c2ccccn2)c1. The van der Waals surface area contributed by atoms with Gasteiger partial charge in [-0.2, -0.15) is 0 Å². The van der Waals surface area contributed by atoms with Crippen LogP contribution in [-0.2, 0) is 0 Å². The van der Waals surface area contributed by atoms with Gasteiger partial charge in [0.15, 0.2) is 0 Å². The second-order valence-electron chi connectivity index (χ2n) is 4.97. The Balaban J connectivity index is 2.18. The fourth-order valence-corrected chi connectivity index (χ4v) is 2.36. The number of methoxy groups -OCH3 is 2. The highest BCUT2D eigenvalue weighted by molar-refractivity contribution is 5.42. The van der Waals surface area contributed by atoms with Crippen LogP contribution in [0.25, 0.3) is 0 Å². The molecular formula is C17H22N2O2. The zero-order valence-electron chi connectivity index (χ0n) is 13.0. The van der Waals surface area contributed by atoms with Gasteiger partial charge in [-0.1, -0.05) is 6.07 Å². The fraction of sp³-hybridized carbons (Fsp3) is 0.353. The number of nitrogens with zero attached hydrogens (tertiary/aromatic N) is 1. The standard InChI is InChI=1S/C17H22N2O2/c1-12(19-13(2)16-7-5-6-10-18-16)15-11-14(20-3)8-9-17(15)21-4/h5-13,19H,1-4H3/t12?,13-/m1/s1. The van der Waals surface area contributed by atoms with Gasteiger partial charge in [-0.15, -0.1) is 0 Å². The minimum absolute atomic E-state index is 0.118. The largest absolute Gasteiger partial charge is 0.497 e. The smallest absolute Gasteiger partial charge is 0.123 e. The quantitative estimate of drug-likeness (QED) is 0.882. The zero-order chi connectivity index (χ0) is 15.2. The maximum Gasteiger partial charge on any atom is 0.123 e. The zero-order valence-corrected chi connectivity index (χ0v) is 13.0. The number of benzene rings is 1. The van der Waals surface area contributed by atoms with Crippen LogP contribution in [0.3, 0.4) is 0 Å². The molecule has 0 spiro atoms. The van der Waals surface area contributed by atoms with E-state index in [1.807, 2.05) is 42.6 Å². The summed E-state index contributed by atoms with van der Waals surface area (Å²) in [5.74, 6) is 1.67. The van der Waals surface area contributed by atoms with E-state index in [1.54, 1.807) is 14.2 Å². The number of rotatable bonds is 6. The highest BCUT2D eigenvalue weighted by atomic mass is 16.5. The second kappa shape index (κ2) is 7.09. The second-order valence-corrected chi connectivity index (χ2v) is 4.97. The molecule has 0 amide bonds. The number of nitrogens with one attached hydrogen (secondary N) is 1. The van der Waals surface area contributed by atoms with E-state index in [1.165, 1.54) is 0 Å². The van der Waals surface area contributed by atoms with Crippen molar-refractivity contribution in [3.8, 4) is 11.5 Å². The first kappa shape index (κ1) is 15.3. The molecule has 0 radical (unpaired) electrons. The molecule has 0 aliphatic carbocycles. The lowest BCUT2D eigenvalue weighted by Gasteiger charge is -2.22. The van der Waals surface area contributed by atoms with Crippen LogP contribution in [0.5, 0.6) is 11.5 Å². The summed E-state index contributed by atoms with van der Waals surface area (Å²) in [7, 11) is 3.35. The van der Waals surface area contributed by atoms with E-state index in [-0.39, 0.29) is 12.1 Å². The van der Waals surface area contributed by atoms with Gasteiger partial charge in [-0.3, -0.25) is 4.98 Å². The summed E-state index contributed by atoms with van der Waals surface area (Å²) in [5.41, 5.74) is 2.09. The van der Waals surface area contributed by atoms with Crippen LogP contribution in [0, 0.1) is 0 Å². The molecule has 4 heteroatoms. The van der Waals surface area contributed by atoms with Crippen LogP contribution in [0.2, 0.25) is 0 Å². The molecule has 1 unspecified atom stereocenters. The number of ether oxygens (including phenoxy) is 2. The Morgan fingerprint density at radius 2 is 1.81 bits per heavy atom. The minimum atomic E-state index is 0.118. The Labute approximate surface area is 126 Å². The van der Waals surface area contributed by atoms with Gasteiger partial charge in [0.25, 0.3) is 0 Å². The molecule has 2 atom stereocenters. The van der Waals surface area contributed by atoms with Gasteiger partial charge >= 0.3 is 0 Å². The van der Waals surface area contributed by atoms with E-state index in [9.17, 15) is 0 Å². The van der Waals surface area contributed by atoms with Gasteiger partial charge in [0.1, 0.15) is 11.5 Å². The third-order valence-corrected chi connectivity index (χ3v) is 3.53. The van der Waals surface area contributed by atoms with Crippen LogP contribution < -0.4 is 14.8 Å². The predicted octanol–water partition coefficient (Wildman–Crippen LogP) is 3.51. The molecule has 21 heavy (non-hydrogen) atoms. The molecule has 1 heterocycles. The van der Waals surface area contributed by atoms with Crippen molar-refractivity contribution in [2.75, 3.05) is 14.2 Å². The molecule has 1 aromatic carbocycles. The first-order valence-electron chi connectivity index (χ1n) is 7.04. The molecule has 1 N–H and O–H groups in total. The van der Waals surface area contributed by atoms with Crippen molar-refractivity contribution in [2.24, 2.45) is 0 Å². The Kier molecular flexibility index (Phi) is 5.17. The summed E-state index contributed by atoms with van der Waals surface area (Å²) in [6, 6.07) is 12.0. The summed E-state index contributed by atoms with van der Waals surface area (Å²) >= 11 is 0. The van der Waals surface area contributed by atoms with E-state index < -0.39 is 0 Å². The summed E-state index contributed by atoms with van der Waals surface area (Å²) in [6.07, 6.45) is 1.81. The lowest BCUT2D eigenvalue weighted by Crippen LogP contribution is -2.23. The topological polar surface area (TPSA) is 43.4 Å². The number of hydrogen-bond acceptors (Lipinski definition) is 4. The normalized spacial score (nSPS) is 13.5. The molecule has 0 aliphatic rings. The molecule has 0 saturated carbocycles. The number of hydrogen-bond donors (Lipinski definition) is 1. The highest BCUT2D eigenvalue weighted by Gasteiger charge is 2.16. The molecule has 2 rings (SSSR count). The van der Waals surface area contributed by atoms with Crippen molar-refractivity contribution in [1.82, 2.24) is 10.3 Å². The minimum Gasteiger partial charge on any atom is -0.497 e. The molecule has 4 nitrogen and oxygen atoms in total. The van der Waals surface area contributed by atoms with Gasteiger partial charge in [-0.25, -0.2) is 0 Å². The van der Waals surface area contributed by atoms with Crippen LogP contribution in [-0.4, -0.2) is 19.2 Å². The maximum absolute atomic E-state index is 5.44. The Morgan fingerprint density at radius 3 is 2.43 bits per heavy atom. The van der Waals surface area contributed by atoms with Crippen molar-refractivity contribution in [2.45, 2.75) is 25.9 Å². The Hall–Kier alpha value is -2.07. The van der Waals surface area contributed by atoms with Crippen molar-refractivity contribution in [3.63, 3.8) is 0 Å². The lowest BCUT2D eigenvalue weighted by atomic mass is 10.0. The van der Waals surface area contributed by atoms with Gasteiger partial charge in [0, 0.05) is 23.8 Å². The van der Waals surface area contributed by atoms with Crippen LogP contribution in [0.4, 0.5) is 0 Å².